The summed E-state index contributed by atoms with van der Waals surface area (Å²) in [6.07, 6.45) is 0.663. The maximum atomic E-state index is 10.8. The first-order chi connectivity index (χ1) is 8.06. The van der Waals surface area contributed by atoms with E-state index in [9.17, 15) is 9.90 Å². The molecule has 4 nitrogen and oxygen atoms in total. The van der Waals surface area contributed by atoms with Crippen molar-refractivity contribution in [1.82, 2.24) is 4.90 Å². The van der Waals surface area contributed by atoms with Gasteiger partial charge in [-0.3, -0.25) is 9.69 Å². The predicted molar refractivity (Wildman–Crippen MR) is 64.1 cm³/mol. The Morgan fingerprint density at radius 1 is 1.53 bits per heavy atom. The van der Waals surface area contributed by atoms with Crippen molar-refractivity contribution in [2.45, 2.75) is 13.0 Å². The fraction of sp³-hybridized carbons (Fsp3) is 0.417. The summed E-state index contributed by atoms with van der Waals surface area (Å²) in [6, 6.07) is 4.90. The Hall–Kier alpha value is -1.26. The average Bonchev–Trinajstić information content (AvgIpc) is 2.72. The van der Waals surface area contributed by atoms with Gasteiger partial charge in [0.1, 0.15) is 5.75 Å². The molecule has 0 unspecified atom stereocenters. The lowest BCUT2D eigenvalue weighted by Gasteiger charge is -2.16. The SMILES string of the molecule is O=C(O)[C@@H]1CCN(Cc2cc(Cl)ccc2O)C1. The van der Waals surface area contributed by atoms with Gasteiger partial charge >= 0.3 is 5.97 Å². The molecule has 17 heavy (non-hydrogen) atoms. The third-order valence-electron chi connectivity index (χ3n) is 3.06. The summed E-state index contributed by atoms with van der Waals surface area (Å²) in [5, 5.41) is 19.1. The van der Waals surface area contributed by atoms with Crippen molar-refractivity contribution in [3.8, 4) is 5.75 Å². The largest absolute Gasteiger partial charge is 0.508 e. The molecule has 1 atom stereocenters. The highest BCUT2D eigenvalue weighted by atomic mass is 35.5. The van der Waals surface area contributed by atoms with Crippen molar-refractivity contribution in [3.63, 3.8) is 0 Å². The Morgan fingerprint density at radius 3 is 2.94 bits per heavy atom. The van der Waals surface area contributed by atoms with Gasteiger partial charge in [0, 0.05) is 23.7 Å². The molecule has 1 fully saturated rings. The highest BCUT2D eigenvalue weighted by molar-refractivity contribution is 6.30. The number of phenolic OH excluding ortho intramolecular Hbond substituents is 1. The van der Waals surface area contributed by atoms with Gasteiger partial charge in [-0.2, -0.15) is 0 Å². The molecule has 5 heteroatoms. The number of aromatic hydroxyl groups is 1. The number of benzene rings is 1. The minimum absolute atomic E-state index is 0.202. The average molecular weight is 256 g/mol. The number of phenols is 1. The molecule has 1 saturated heterocycles. The molecule has 1 aliphatic rings. The van der Waals surface area contributed by atoms with E-state index in [1.54, 1.807) is 18.2 Å². The van der Waals surface area contributed by atoms with Crippen molar-refractivity contribution in [3.05, 3.63) is 28.8 Å². The fourth-order valence-electron chi connectivity index (χ4n) is 2.10. The maximum Gasteiger partial charge on any atom is 0.307 e. The van der Waals surface area contributed by atoms with Crippen LogP contribution in [0.4, 0.5) is 0 Å². The Labute approximate surface area is 104 Å². The van der Waals surface area contributed by atoms with Gasteiger partial charge in [0.15, 0.2) is 0 Å². The molecule has 1 aromatic carbocycles. The fourth-order valence-corrected chi connectivity index (χ4v) is 2.29. The van der Waals surface area contributed by atoms with Gasteiger partial charge in [0.2, 0.25) is 0 Å². The van der Waals surface area contributed by atoms with Crippen molar-refractivity contribution < 1.29 is 15.0 Å². The van der Waals surface area contributed by atoms with E-state index in [0.29, 0.717) is 24.5 Å². The first kappa shape index (κ1) is 12.2. The first-order valence-electron chi connectivity index (χ1n) is 5.49. The van der Waals surface area contributed by atoms with Crippen LogP contribution >= 0.6 is 11.6 Å². The zero-order valence-electron chi connectivity index (χ0n) is 9.27. The molecule has 92 valence electrons. The monoisotopic (exact) mass is 255 g/mol. The van der Waals surface area contributed by atoms with E-state index in [-0.39, 0.29) is 11.7 Å². The zero-order chi connectivity index (χ0) is 12.4. The van der Waals surface area contributed by atoms with E-state index < -0.39 is 5.97 Å². The zero-order valence-corrected chi connectivity index (χ0v) is 10.0. The summed E-state index contributed by atoms with van der Waals surface area (Å²) < 4.78 is 0. The van der Waals surface area contributed by atoms with E-state index in [4.69, 9.17) is 16.7 Å². The molecule has 1 aromatic rings. The molecule has 2 N–H and O–H groups in total. The molecule has 0 bridgehead atoms. The van der Waals surface area contributed by atoms with Gasteiger partial charge in [0.25, 0.3) is 0 Å². The summed E-state index contributed by atoms with van der Waals surface area (Å²) in [6.45, 7) is 1.81. The summed E-state index contributed by atoms with van der Waals surface area (Å²) in [4.78, 5) is 12.8. The summed E-state index contributed by atoms with van der Waals surface area (Å²) in [7, 11) is 0. The maximum absolute atomic E-state index is 10.8. The van der Waals surface area contributed by atoms with Crippen molar-refractivity contribution in [2.24, 2.45) is 5.92 Å². The highest BCUT2D eigenvalue weighted by Gasteiger charge is 2.28. The number of hydrogen-bond donors (Lipinski definition) is 2. The van der Waals surface area contributed by atoms with Crippen LogP contribution < -0.4 is 0 Å². The standard InChI is InChI=1S/C12H14ClNO3/c13-10-1-2-11(15)9(5-10)7-14-4-3-8(6-14)12(16)17/h1-2,5,8,15H,3-4,6-7H2,(H,16,17)/t8-/m1/s1. The molecular formula is C12H14ClNO3. The molecule has 2 rings (SSSR count). The Bertz CT molecular complexity index is 436. The Kier molecular flexibility index (Phi) is 3.54. The van der Waals surface area contributed by atoms with E-state index in [1.807, 2.05) is 4.90 Å². The van der Waals surface area contributed by atoms with Crippen LogP contribution in [0.5, 0.6) is 5.75 Å². The topological polar surface area (TPSA) is 60.8 Å². The second kappa shape index (κ2) is 4.94. The number of likely N-dealkylation sites (tertiary alicyclic amines) is 1. The first-order valence-corrected chi connectivity index (χ1v) is 5.86. The summed E-state index contributed by atoms with van der Waals surface area (Å²) >= 11 is 5.86. The molecule has 0 saturated carbocycles. The molecule has 0 radical (unpaired) electrons. The molecule has 0 aliphatic carbocycles. The van der Waals surface area contributed by atoms with Gasteiger partial charge in [-0.25, -0.2) is 0 Å². The number of hydrogen-bond acceptors (Lipinski definition) is 3. The van der Waals surface area contributed by atoms with Gasteiger partial charge in [-0.05, 0) is 31.2 Å². The van der Waals surface area contributed by atoms with Gasteiger partial charge in [0.05, 0.1) is 5.92 Å². The van der Waals surface area contributed by atoms with Gasteiger partial charge < -0.3 is 10.2 Å². The molecule has 0 aromatic heterocycles. The number of rotatable bonds is 3. The highest BCUT2D eigenvalue weighted by Crippen LogP contribution is 2.25. The predicted octanol–water partition coefficient (Wildman–Crippen LogP) is 1.95. The molecule has 1 aliphatic heterocycles. The van der Waals surface area contributed by atoms with Crippen LogP contribution in [0.3, 0.4) is 0 Å². The number of carboxylic acids is 1. The van der Waals surface area contributed by atoms with Crippen LogP contribution in [0.1, 0.15) is 12.0 Å². The number of carbonyl (C=O) groups is 1. The minimum Gasteiger partial charge on any atom is -0.508 e. The van der Waals surface area contributed by atoms with Crippen molar-refractivity contribution in [1.29, 1.82) is 0 Å². The third kappa shape index (κ3) is 2.90. The lowest BCUT2D eigenvalue weighted by molar-refractivity contribution is -0.141. The van der Waals surface area contributed by atoms with E-state index >= 15 is 0 Å². The summed E-state index contributed by atoms with van der Waals surface area (Å²) in [5.41, 5.74) is 0.739. The van der Waals surface area contributed by atoms with E-state index in [2.05, 4.69) is 0 Å². The second-order valence-electron chi connectivity index (χ2n) is 4.33. The number of nitrogens with zero attached hydrogens (tertiary/aromatic N) is 1. The Balaban J connectivity index is 2.02. The van der Waals surface area contributed by atoms with Gasteiger partial charge in [-0.1, -0.05) is 11.6 Å². The molecule has 0 spiro atoms. The number of halogens is 1. The molecular weight excluding hydrogens is 242 g/mol. The Morgan fingerprint density at radius 2 is 2.29 bits per heavy atom. The summed E-state index contributed by atoms with van der Waals surface area (Å²) in [5.74, 6) is -0.840. The number of aliphatic carboxylic acids is 1. The van der Waals surface area contributed by atoms with Crippen LogP contribution in [-0.2, 0) is 11.3 Å². The van der Waals surface area contributed by atoms with Crippen LogP contribution in [-0.4, -0.2) is 34.2 Å². The van der Waals surface area contributed by atoms with Crippen LogP contribution in [0.25, 0.3) is 0 Å². The minimum atomic E-state index is -0.747. The van der Waals surface area contributed by atoms with Crippen LogP contribution in [0, 0.1) is 5.92 Å². The van der Waals surface area contributed by atoms with Crippen molar-refractivity contribution >= 4 is 17.6 Å². The van der Waals surface area contributed by atoms with Crippen LogP contribution in [0.15, 0.2) is 18.2 Å². The second-order valence-corrected chi connectivity index (χ2v) is 4.77. The quantitative estimate of drug-likeness (QED) is 0.867. The normalized spacial score (nSPS) is 20.6. The third-order valence-corrected chi connectivity index (χ3v) is 3.29. The van der Waals surface area contributed by atoms with Crippen LogP contribution in [0.2, 0.25) is 5.02 Å². The number of carboxylic acid groups (broad SMARTS) is 1. The smallest absolute Gasteiger partial charge is 0.307 e. The van der Waals surface area contributed by atoms with Crippen molar-refractivity contribution in [2.75, 3.05) is 13.1 Å². The van der Waals surface area contributed by atoms with Gasteiger partial charge in [-0.15, -0.1) is 0 Å². The lowest BCUT2D eigenvalue weighted by atomic mass is 10.1. The van der Waals surface area contributed by atoms with E-state index in [1.165, 1.54) is 0 Å². The molecule has 0 amide bonds. The molecule has 1 heterocycles. The lowest BCUT2D eigenvalue weighted by Crippen LogP contribution is -2.22. The van der Waals surface area contributed by atoms with E-state index in [0.717, 1.165) is 12.1 Å².